The van der Waals surface area contributed by atoms with E-state index >= 15 is 0 Å². The van der Waals surface area contributed by atoms with Crippen LogP contribution in [0.1, 0.15) is 65.5 Å². The third-order valence-corrected chi connectivity index (χ3v) is 7.40. The maximum atomic E-state index is 12.8. The number of aldehydes is 1. The van der Waals surface area contributed by atoms with Gasteiger partial charge in [-0.3, -0.25) is 19.2 Å². The zero-order valence-electron chi connectivity index (χ0n) is 28.0. The van der Waals surface area contributed by atoms with Crippen molar-refractivity contribution in [2.75, 3.05) is 13.1 Å². The number of amides is 4. The topological polar surface area (TPSA) is 133 Å². The van der Waals surface area contributed by atoms with Crippen LogP contribution in [0.5, 0.6) is 0 Å². The number of nitrogens with one attached hydrogen (secondary N) is 4. The van der Waals surface area contributed by atoms with E-state index in [0.717, 1.165) is 17.9 Å². The van der Waals surface area contributed by atoms with Crippen LogP contribution >= 0.6 is 0 Å². The smallest absolute Gasteiger partial charge is 0.239 e. The average molecular weight is 631 g/mol. The van der Waals surface area contributed by atoms with E-state index in [1.165, 1.54) is 16.3 Å². The van der Waals surface area contributed by atoms with Crippen molar-refractivity contribution in [3.05, 3.63) is 83.9 Å². The standard InChI is InChI=1S/C23H25NO.C10H15N3O4.C4H10/c1-17(16-19-12-9-11-18-10-7-8-15-21(18)19)24-22(25)23(2,3)20-13-5-4-6-14-20;14-5-8(13-9(16)4-11-6-15)3-7-1-2-12-10(7)17;1-4(2)3/h4-15,17H,16H2,1-3H3,(H,24,25);5-8H,1-4H2,(H,11,15)(H,12,17)(H,13,16);4H,1-3H3. The van der Waals surface area contributed by atoms with Crippen LogP contribution in [0.4, 0.5) is 0 Å². The maximum absolute atomic E-state index is 12.8. The summed E-state index contributed by atoms with van der Waals surface area (Å²) in [5.41, 5.74) is 1.75. The van der Waals surface area contributed by atoms with Gasteiger partial charge in [0, 0.05) is 18.5 Å². The van der Waals surface area contributed by atoms with Gasteiger partial charge in [0.2, 0.25) is 24.1 Å². The van der Waals surface area contributed by atoms with Gasteiger partial charge in [-0.05, 0) is 67.9 Å². The number of hydrogen-bond donors (Lipinski definition) is 4. The summed E-state index contributed by atoms with van der Waals surface area (Å²) in [6, 6.07) is 24.1. The SMILES string of the molecule is CC(C)C.CC(Cc1cccc2ccccc12)NC(=O)C(C)(C)c1ccccc1.O=CNCC(=O)NC(C=O)CC1CCNC1=O. The first-order valence-electron chi connectivity index (χ1n) is 15.9. The molecule has 1 aliphatic heterocycles. The molecule has 4 rings (SSSR count). The highest BCUT2D eigenvalue weighted by atomic mass is 16.2. The molecule has 9 heteroatoms. The number of fused-ring (bicyclic) bond motifs is 1. The Labute approximate surface area is 273 Å². The van der Waals surface area contributed by atoms with E-state index in [1.807, 2.05) is 44.2 Å². The van der Waals surface area contributed by atoms with Crippen LogP contribution in [0.15, 0.2) is 72.8 Å². The first-order chi connectivity index (χ1) is 21.9. The average Bonchev–Trinajstić information content (AvgIpc) is 3.44. The molecule has 0 aliphatic carbocycles. The molecule has 248 valence electrons. The first kappa shape index (κ1) is 37.7. The summed E-state index contributed by atoms with van der Waals surface area (Å²) < 4.78 is 0. The van der Waals surface area contributed by atoms with E-state index < -0.39 is 17.4 Å². The van der Waals surface area contributed by atoms with Gasteiger partial charge in [0.05, 0.1) is 18.0 Å². The fourth-order valence-electron chi connectivity index (χ4n) is 4.96. The lowest BCUT2D eigenvalue weighted by Crippen LogP contribution is -2.44. The number of rotatable bonds is 12. The number of carbonyl (C=O) groups excluding carboxylic acids is 5. The van der Waals surface area contributed by atoms with Crippen LogP contribution in [0, 0.1) is 11.8 Å². The van der Waals surface area contributed by atoms with Crippen LogP contribution < -0.4 is 21.3 Å². The van der Waals surface area contributed by atoms with Crippen molar-refractivity contribution in [1.82, 2.24) is 21.3 Å². The quantitative estimate of drug-likeness (QED) is 0.219. The van der Waals surface area contributed by atoms with Gasteiger partial charge in [0.25, 0.3) is 0 Å². The van der Waals surface area contributed by atoms with Crippen molar-refractivity contribution in [2.24, 2.45) is 11.8 Å². The molecule has 0 radical (unpaired) electrons. The van der Waals surface area contributed by atoms with Crippen LogP contribution in [0.2, 0.25) is 0 Å². The summed E-state index contributed by atoms with van der Waals surface area (Å²) in [6.45, 7) is 13.0. The lowest BCUT2D eigenvalue weighted by atomic mass is 9.83. The van der Waals surface area contributed by atoms with E-state index in [2.05, 4.69) is 91.4 Å². The second kappa shape index (κ2) is 19.1. The fraction of sp³-hybridized carbons (Fsp3) is 0.432. The molecule has 46 heavy (non-hydrogen) atoms. The lowest BCUT2D eigenvalue weighted by Gasteiger charge is -2.26. The Morgan fingerprint density at radius 1 is 0.913 bits per heavy atom. The molecule has 0 spiro atoms. The van der Waals surface area contributed by atoms with Gasteiger partial charge in [0.1, 0.15) is 6.29 Å². The van der Waals surface area contributed by atoms with Crippen molar-refractivity contribution in [2.45, 2.75) is 78.3 Å². The molecule has 0 aromatic heterocycles. The van der Waals surface area contributed by atoms with Crippen molar-refractivity contribution >= 4 is 41.2 Å². The summed E-state index contributed by atoms with van der Waals surface area (Å²) in [6.07, 6.45) is 2.79. The monoisotopic (exact) mass is 630 g/mol. The lowest BCUT2D eigenvalue weighted by molar-refractivity contribution is -0.126. The molecule has 1 heterocycles. The highest BCUT2D eigenvalue weighted by molar-refractivity contribution is 5.88. The van der Waals surface area contributed by atoms with E-state index in [-0.39, 0.29) is 30.3 Å². The Bertz CT molecular complexity index is 1420. The van der Waals surface area contributed by atoms with Crippen molar-refractivity contribution in [3.63, 3.8) is 0 Å². The molecular formula is C37H50N4O5. The van der Waals surface area contributed by atoms with Crippen LogP contribution in [-0.4, -0.2) is 55.6 Å². The predicted octanol–water partition coefficient (Wildman–Crippen LogP) is 4.47. The zero-order chi connectivity index (χ0) is 34.1. The molecule has 0 bridgehead atoms. The van der Waals surface area contributed by atoms with Crippen LogP contribution in [-0.2, 0) is 35.8 Å². The maximum Gasteiger partial charge on any atom is 0.239 e. The van der Waals surface area contributed by atoms with E-state index in [9.17, 15) is 24.0 Å². The van der Waals surface area contributed by atoms with E-state index in [1.54, 1.807) is 0 Å². The second-order valence-electron chi connectivity index (χ2n) is 12.8. The van der Waals surface area contributed by atoms with Crippen molar-refractivity contribution in [1.29, 1.82) is 0 Å². The Morgan fingerprint density at radius 2 is 1.54 bits per heavy atom. The largest absolute Gasteiger partial charge is 0.356 e. The molecule has 1 aliphatic rings. The molecule has 3 unspecified atom stereocenters. The van der Waals surface area contributed by atoms with Gasteiger partial charge in [-0.15, -0.1) is 0 Å². The molecular weight excluding hydrogens is 580 g/mol. The summed E-state index contributed by atoms with van der Waals surface area (Å²) >= 11 is 0. The van der Waals surface area contributed by atoms with Crippen molar-refractivity contribution < 1.29 is 24.0 Å². The Hall–Kier alpha value is -4.53. The summed E-state index contributed by atoms with van der Waals surface area (Å²) in [5, 5.41) is 13.0. The molecule has 0 saturated carbocycles. The summed E-state index contributed by atoms with van der Waals surface area (Å²) in [5.74, 6) is 0.126. The Kier molecular flexibility index (Phi) is 15.6. The number of hydrogen-bond acceptors (Lipinski definition) is 5. The molecule has 4 N–H and O–H groups in total. The summed E-state index contributed by atoms with van der Waals surface area (Å²) in [4.78, 5) is 56.1. The molecule has 4 amide bonds. The van der Waals surface area contributed by atoms with Gasteiger partial charge in [-0.1, -0.05) is 93.6 Å². The van der Waals surface area contributed by atoms with Crippen molar-refractivity contribution in [3.8, 4) is 0 Å². The Balaban J connectivity index is 0.000000304. The number of carbonyl (C=O) groups is 5. The normalized spacial score (nSPS) is 15.2. The highest BCUT2D eigenvalue weighted by Crippen LogP contribution is 2.24. The molecule has 3 atom stereocenters. The molecule has 3 aromatic rings. The van der Waals surface area contributed by atoms with Gasteiger partial charge >= 0.3 is 0 Å². The molecule has 1 saturated heterocycles. The highest BCUT2D eigenvalue weighted by Gasteiger charge is 2.30. The minimum atomic E-state index is -0.690. The van der Waals surface area contributed by atoms with Crippen LogP contribution in [0.3, 0.4) is 0 Å². The first-order valence-corrected chi connectivity index (χ1v) is 15.9. The fourth-order valence-corrected chi connectivity index (χ4v) is 4.96. The third-order valence-electron chi connectivity index (χ3n) is 7.40. The van der Waals surface area contributed by atoms with Gasteiger partial charge in [0.15, 0.2) is 0 Å². The third kappa shape index (κ3) is 12.5. The molecule has 9 nitrogen and oxygen atoms in total. The Morgan fingerprint density at radius 3 is 2.15 bits per heavy atom. The predicted molar refractivity (Wildman–Crippen MR) is 183 cm³/mol. The minimum Gasteiger partial charge on any atom is -0.356 e. The number of benzene rings is 3. The second-order valence-corrected chi connectivity index (χ2v) is 12.8. The van der Waals surface area contributed by atoms with E-state index in [4.69, 9.17) is 0 Å². The summed E-state index contributed by atoms with van der Waals surface area (Å²) in [7, 11) is 0. The molecule has 1 fully saturated rings. The van der Waals surface area contributed by atoms with Crippen LogP contribution in [0.25, 0.3) is 10.8 Å². The zero-order valence-corrected chi connectivity index (χ0v) is 28.0. The van der Waals surface area contributed by atoms with Gasteiger partial charge in [-0.25, -0.2) is 0 Å². The van der Waals surface area contributed by atoms with Gasteiger partial charge < -0.3 is 26.1 Å². The van der Waals surface area contributed by atoms with Gasteiger partial charge in [-0.2, -0.15) is 0 Å². The molecule has 3 aromatic carbocycles. The minimum absolute atomic E-state index is 0.0615. The van der Waals surface area contributed by atoms with E-state index in [0.29, 0.717) is 32.1 Å².